The van der Waals surface area contributed by atoms with Crippen molar-refractivity contribution in [3.8, 4) is 0 Å². The largest absolute Gasteiger partial charge is 0.381 e. The van der Waals surface area contributed by atoms with Crippen LogP contribution in [0.3, 0.4) is 0 Å². The van der Waals surface area contributed by atoms with Crippen LogP contribution in [0.25, 0.3) is 0 Å². The van der Waals surface area contributed by atoms with Crippen molar-refractivity contribution in [1.82, 2.24) is 5.32 Å². The molecule has 0 saturated heterocycles. The Bertz CT molecular complexity index is 399. The van der Waals surface area contributed by atoms with Crippen LogP contribution in [0.1, 0.15) is 51.0 Å². The molecule has 0 amide bonds. The fourth-order valence-electron chi connectivity index (χ4n) is 2.51. The number of rotatable bonds is 15. The molecule has 0 aliphatic carbocycles. The van der Waals surface area contributed by atoms with E-state index in [2.05, 4.69) is 35.6 Å². The highest BCUT2D eigenvalue weighted by atomic mass is 79.9. The van der Waals surface area contributed by atoms with Gasteiger partial charge in [0.25, 0.3) is 0 Å². The molecule has 0 bridgehead atoms. The van der Waals surface area contributed by atoms with Crippen molar-refractivity contribution in [3.05, 3.63) is 35.9 Å². The quantitative estimate of drug-likeness (QED) is 0.331. The maximum atomic E-state index is 5.71. The molecule has 0 aromatic heterocycles. The van der Waals surface area contributed by atoms with E-state index in [1.165, 1.54) is 24.8 Å². The molecule has 25 heavy (non-hydrogen) atoms. The fraction of sp³-hybridized carbons (Fsp3) is 0.700. The number of methoxy groups -OCH3 is 2. The zero-order valence-electron chi connectivity index (χ0n) is 16.1. The first-order valence-corrected chi connectivity index (χ1v) is 9.17. The van der Waals surface area contributed by atoms with Gasteiger partial charge in [-0.1, -0.05) is 43.2 Å². The van der Waals surface area contributed by atoms with Crippen LogP contribution in [-0.4, -0.2) is 39.9 Å². The normalized spacial score (nSPS) is 11.3. The van der Waals surface area contributed by atoms with E-state index in [4.69, 9.17) is 14.2 Å². The third-order valence-electron chi connectivity index (χ3n) is 4.29. The molecule has 0 aliphatic rings. The number of hydrogen-bond acceptors (Lipinski definition) is 4. The van der Waals surface area contributed by atoms with Gasteiger partial charge in [0, 0.05) is 40.9 Å². The first kappa shape index (κ1) is 24.5. The molecule has 1 aromatic rings. The number of halogens is 1. The van der Waals surface area contributed by atoms with E-state index in [0.717, 1.165) is 45.4 Å². The zero-order valence-corrected chi connectivity index (χ0v) is 17.8. The van der Waals surface area contributed by atoms with Gasteiger partial charge < -0.3 is 14.2 Å². The topological polar surface area (TPSA) is 39.7 Å². The van der Waals surface area contributed by atoms with Crippen LogP contribution in [0, 0.1) is 0 Å². The maximum Gasteiger partial charge on any atom is 0.223 e. The van der Waals surface area contributed by atoms with Gasteiger partial charge in [-0.3, -0.25) is 5.32 Å². The number of nitrogens with one attached hydrogen (secondary N) is 1. The lowest BCUT2D eigenvalue weighted by atomic mass is 10.1. The minimum atomic E-state index is -0.664. The van der Waals surface area contributed by atoms with E-state index in [-0.39, 0.29) is 17.0 Å². The summed E-state index contributed by atoms with van der Waals surface area (Å²) in [5, 5.41) is 3.26. The molecule has 5 heteroatoms. The summed E-state index contributed by atoms with van der Waals surface area (Å²) < 4.78 is 16.2. The summed E-state index contributed by atoms with van der Waals surface area (Å²) in [6, 6.07) is 10.7. The van der Waals surface area contributed by atoms with Crippen molar-refractivity contribution in [2.24, 2.45) is 0 Å². The van der Waals surface area contributed by atoms with Crippen LogP contribution in [0.5, 0.6) is 0 Å². The number of hydrogen-bond donors (Lipinski definition) is 1. The van der Waals surface area contributed by atoms with Gasteiger partial charge in [-0.25, -0.2) is 0 Å². The van der Waals surface area contributed by atoms with Gasteiger partial charge in [0.1, 0.15) is 0 Å². The van der Waals surface area contributed by atoms with Gasteiger partial charge in [-0.05, 0) is 37.7 Å². The van der Waals surface area contributed by atoms with Crippen LogP contribution in [-0.2, 0) is 20.6 Å². The summed E-state index contributed by atoms with van der Waals surface area (Å²) in [5.74, 6) is -0.664. The van der Waals surface area contributed by atoms with Crippen LogP contribution >= 0.6 is 17.0 Å². The summed E-state index contributed by atoms with van der Waals surface area (Å²) in [7, 11) is 3.29. The fourth-order valence-corrected chi connectivity index (χ4v) is 2.51. The summed E-state index contributed by atoms with van der Waals surface area (Å²) in [5.41, 5.74) is 1.42. The van der Waals surface area contributed by atoms with Gasteiger partial charge in [0.15, 0.2) is 0 Å². The molecule has 1 aromatic carbocycles. The van der Waals surface area contributed by atoms with Crippen LogP contribution in [0.15, 0.2) is 30.3 Å². The second-order valence-electron chi connectivity index (χ2n) is 6.25. The zero-order chi connectivity index (χ0) is 17.5. The molecule has 1 rings (SSSR count). The van der Waals surface area contributed by atoms with Crippen molar-refractivity contribution in [2.45, 2.75) is 57.8 Å². The lowest BCUT2D eigenvalue weighted by Gasteiger charge is -2.27. The lowest BCUT2D eigenvalue weighted by Crippen LogP contribution is -2.46. The maximum absolute atomic E-state index is 5.71. The molecule has 0 saturated carbocycles. The van der Waals surface area contributed by atoms with Crippen LogP contribution < -0.4 is 5.32 Å². The predicted octanol–water partition coefficient (Wildman–Crippen LogP) is 4.72. The third-order valence-corrected chi connectivity index (χ3v) is 4.29. The van der Waals surface area contributed by atoms with E-state index in [1.807, 2.05) is 6.92 Å². The molecular formula is C20H36BrNO3. The SMILES string of the molecule is Br.COC(C)(NCCCCCCOCCCCc1ccccc1)OC. The standard InChI is InChI=1S/C20H35NO3.BrH/c1-20(22-2,23-3)21-16-10-4-5-11-17-24-18-12-9-15-19-13-7-6-8-14-19;/h6-8,13-14,21H,4-5,9-12,15-18H2,1-3H3;1H. The Morgan fingerprint density at radius 3 is 2.08 bits per heavy atom. The molecule has 0 heterocycles. The summed E-state index contributed by atoms with van der Waals surface area (Å²) in [6.07, 6.45) is 8.18. The minimum absolute atomic E-state index is 0. The molecule has 0 unspecified atom stereocenters. The minimum Gasteiger partial charge on any atom is -0.381 e. The van der Waals surface area contributed by atoms with Gasteiger partial charge in [0.05, 0.1) is 0 Å². The third kappa shape index (κ3) is 12.5. The molecule has 0 fully saturated rings. The number of benzene rings is 1. The predicted molar refractivity (Wildman–Crippen MR) is 109 cm³/mol. The Morgan fingerprint density at radius 2 is 1.44 bits per heavy atom. The smallest absolute Gasteiger partial charge is 0.223 e. The highest BCUT2D eigenvalue weighted by Crippen LogP contribution is 2.07. The second-order valence-corrected chi connectivity index (χ2v) is 6.25. The van der Waals surface area contributed by atoms with E-state index in [9.17, 15) is 0 Å². The Morgan fingerprint density at radius 1 is 0.840 bits per heavy atom. The van der Waals surface area contributed by atoms with Crippen molar-refractivity contribution >= 4 is 17.0 Å². The van der Waals surface area contributed by atoms with Crippen molar-refractivity contribution in [2.75, 3.05) is 34.0 Å². The summed E-state index contributed by atoms with van der Waals surface area (Å²) >= 11 is 0. The van der Waals surface area contributed by atoms with E-state index < -0.39 is 5.91 Å². The molecular weight excluding hydrogens is 382 g/mol. The van der Waals surface area contributed by atoms with Gasteiger partial charge in [0.2, 0.25) is 5.91 Å². The van der Waals surface area contributed by atoms with Crippen LogP contribution in [0.4, 0.5) is 0 Å². The van der Waals surface area contributed by atoms with Crippen molar-refractivity contribution < 1.29 is 14.2 Å². The molecule has 0 atom stereocenters. The average Bonchev–Trinajstić information content (AvgIpc) is 2.63. The molecule has 146 valence electrons. The second kappa shape index (κ2) is 15.8. The highest BCUT2D eigenvalue weighted by molar-refractivity contribution is 8.93. The Hall–Kier alpha value is -0.460. The van der Waals surface area contributed by atoms with Crippen molar-refractivity contribution in [3.63, 3.8) is 0 Å². The number of unbranched alkanes of at least 4 members (excludes halogenated alkanes) is 4. The Labute approximate surface area is 164 Å². The Balaban J connectivity index is 0.00000576. The first-order valence-electron chi connectivity index (χ1n) is 9.17. The van der Waals surface area contributed by atoms with Crippen LogP contribution in [0.2, 0.25) is 0 Å². The van der Waals surface area contributed by atoms with Crippen molar-refractivity contribution in [1.29, 1.82) is 0 Å². The average molecular weight is 418 g/mol. The Kier molecular flexibility index (Phi) is 15.5. The lowest BCUT2D eigenvalue weighted by molar-refractivity contribution is -0.214. The van der Waals surface area contributed by atoms with E-state index in [0.29, 0.717) is 0 Å². The van der Waals surface area contributed by atoms with Gasteiger partial charge in [-0.15, -0.1) is 17.0 Å². The highest BCUT2D eigenvalue weighted by Gasteiger charge is 2.20. The van der Waals surface area contributed by atoms with Gasteiger partial charge in [-0.2, -0.15) is 0 Å². The summed E-state index contributed by atoms with van der Waals surface area (Å²) in [6.45, 7) is 4.55. The molecule has 0 radical (unpaired) electrons. The molecule has 1 N–H and O–H groups in total. The summed E-state index contributed by atoms with van der Waals surface area (Å²) in [4.78, 5) is 0. The monoisotopic (exact) mass is 417 g/mol. The van der Waals surface area contributed by atoms with E-state index >= 15 is 0 Å². The van der Waals surface area contributed by atoms with E-state index in [1.54, 1.807) is 14.2 Å². The molecule has 4 nitrogen and oxygen atoms in total. The number of ether oxygens (including phenoxy) is 3. The first-order chi connectivity index (χ1) is 11.7. The van der Waals surface area contributed by atoms with Gasteiger partial charge >= 0.3 is 0 Å². The molecule has 0 spiro atoms. The number of aryl methyl sites for hydroxylation is 1. The molecule has 0 aliphatic heterocycles.